The van der Waals surface area contributed by atoms with Gasteiger partial charge in [-0.2, -0.15) is 4.31 Å². The number of rotatable bonds is 4. The van der Waals surface area contributed by atoms with E-state index < -0.39 is 10.0 Å². The van der Waals surface area contributed by atoms with Crippen molar-refractivity contribution in [2.24, 2.45) is 0 Å². The Labute approximate surface area is 150 Å². The monoisotopic (exact) mass is 356 g/mol. The van der Waals surface area contributed by atoms with Crippen LogP contribution in [0.2, 0.25) is 0 Å². The third-order valence-electron chi connectivity index (χ3n) is 5.34. The van der Waals surface area contributed by atoms with Crippen LogP contribution < -0.4 is 0 Å². The number of fused-ring (bicyclic) bond motifs is 2. The second-order valence-corrected chi connectivity index (χ2v) is 9.06. The summed E-state index contributed by atoms with van der Waals surface area (Å²) in [6.45, 7) is 4.50. The number of hydrogen-bond acceptors (Lipinski definition) is 3. The molecule has 2 aliphatic rings. The molecule has 2 aromatic carbocycles. The molecular weight excluding hydrogens is 332 g/mol. The molecular formula is C20H24N2O2S. The van der Waals surface area contributed by atoms with E-state index in [-0.39, 0.29) is 12.1 Å². The van der Waals surface area contributed by atoms with E-state index in [1.165, 1.54) is 5.56 Å². The van der Waals surface area contributed by atoms with Crippen molar-refractivity contribution >= 4 is 10.0 Å². The van der Waals surface area contributed by atoms with E-state index in [9.17, 15) is 8.42 Å². The fraction of sp³-hybridized carbons (Fsp3) is 0.400. The Morgan fingerprint density at radius 1 is 0.920 bits per heavy atom. The molecule has 2 aromatic rings. The van der Waals surface area contributed by atoms with E-state index in [1.807, 2.05) is 25.1 Å². The molecule has 0 unspecified atom stereocenters. The maximum absolute atomic E-state index is 13.1. The topological polar surface area (TPSA) is 40.6 Å². The van der Waals surface area contributed by atoms with Crippen molar-refractivity contribution in [2.45, 2.75) is 43.3 Å². The van der Waals surface area contributed by atoms with E-state index in [0.717, 1.165) is 38.0 Å². The van der Waals surface area contributed by atoms with Gasteiger partial charge in [-0.25, -0.2) is 8.42 Å². The summed E-state index contributed by atoms with van der Waals surface area (Å²) in [4.78, 5) is 2.82. The van der Waals surface area contributed by atoms with Crippen molar-refractivity contribution in [1.29, 1.82) is 0 Å². The molecule has 0 radical (unpaired) electrons. The number of hydrogen-bond donors (Lipinski definition) is 0. The summed E-state index contributed by atoms with van der Waals surface area (Å²) < 4.78 is 28.1. The standard InChI is InChI=1S/C20H24N2O2S/c1-16-7-11-20(12-8-16)25(23,24)22-18-9-10-19(22)15-21(14-18)13-17-5-3-2-4-6-17/h2-8,11-12,18-19H,9-10,13-15H2,1H3/t18-,19-/m0/s1. The minimum atomic E-state index is -3.40. The summed E-state index contributed by atoms with van der Waals surface area (Å²) in [5.41, 5.74) is 2.37. The van der Waals surface area contributed by atoms with Gasteiger partial charge in [-0.05, 0) is 37.5 Å². The van der Waals surface area contributed by atoms with Crippen LogP contribution in [-0.4, -0.2) is 42.8 Å². The predicted molar refractivity (Wildman–Crippen MR) is 98.7 cm³/mol. The Balaban J connectivity index is 1.53. The molecule has 0 saturated carbocycles. The average Bonchev–Trinajstić information content (AvgIpc) is 2.89. The van der Waals surface area contributed by atoms with Crippen LogP contribution in [0.4, 0.5) is 0 Å². The van der Waals surface area contributed by atoms with E-state index in [0.29, 0.717) is 4.90 Å². The maximum Gasteiger partial charge on any atom is 0.243 e. The predicted octanol–water partition coefficient (Wildman–Crippen LogP) is 3.03. The van der Waals surface area contributed by atoms with Gasteiger partial charge < -0.3 is 0 Å². The lowest BCUT2D eigenvalue weighted by Crippen LogP contribution is -2.55. The smallest absolute Gasteiger partial charge is 0.243 e. The Bertz CT molecular complexity index is 820. The summed E-state index contributed by atoms with van der Waals surface area (Å²) in [5.74, 6) is 0. The van der Waals surface area contributed by atoms with Crippen LogP contribution in [0.1, 0.15) is 24.0 Å². The lowest BCUT2D eigenvalue weighted by Gasteiger charge is -2.40. The summed E-state index contributed by atoms with van der Waals surface area (Å²) in [6, 6.07) is 17.8. The zero-order valence-electron chi connectivity index (χ0n) is 14.5. The van der Waals surface area contributed by atoms with Crippen molar-refractivity contribution in [2.75, 3.05) is 13.1 Å². The molecule has 132 valence electrons. The van der Waals surface area contributed by atoms with Crippen LogP contribution in [0.5, 0.6) is 0 Å². The molecule has 2 fully saturated rings. The zero-order valence-corrected chi connectivity index (χ0v) is 15.3. The van der Waals surface area contributed by atoms with Gasteiger partial charge in [0.2, 0.25) is 10.0 Å². The first-order chi connectivity index (χ1) is 12.0. The van der Waals surface area contributed by atoms with Gasteiger partial charge in [-0.15, -0.1) is 0 Å². The lowest BCUT2D eigenvalue weighted by molar-refractivity contribution is 0.123. The van der Waals surface area contributed by atoms with Crippen LogP contribution in [-0.2, 0) is 16.6 Å². The second-order valence-electron chi connectivity index (χ2n) is 7.21. The SMILES string of the molecule is Cc1ccc(S(=O)(=O)N2[C@H]3CC[C@H]2CN(Cc2ccccc2)C3)cc1. The van der Waals surface area contributed by atoms with Crippen molar-refractivity contribution < 1.29 is 8.42 Å². The van der Waals surface area contributed by atoms with Gasteiger partial charge in [0.25, 0.3) is 0 Å². The largest absolute Gasteiger partial charge is 0.296 e. The normalized spacial score (nSPS) is 24.5. The van der Waals surface area contributed by atoms with Crippen LogP contribution in [0, 0.1) is 6.92 Å². The first-order valence-corrected chi connectivity index (χ1v) is 10.3. The highest BCUT2D eigenvalue weighted by atomic mass is 32.2. The third kappa shape index (κ3) is 3.24. The number of aryl methyl sites for hydroxylation is 1. The Morgan fingerprint density at radius 3 is 2.12 bits per heavy atom. The number of benzene rings is 2. The fourth-order valence-electron chi connectivity index (χ4n) is 4.15. The number of likely N-dealkylation sites (tertiary alicyclic amines) is 1. The zero-order chi connectivity index (χ0) is 17.4. The maximum atomic E-state index is 13.1. The van der Waals surface area contributed by atoms with Gasteiger partial charge in [0.05, 0.1) is 4.90 Å². The quantitative estimate of drug-likeness (QED) is 0.845. The highest BCUT2D eigenvalue weighted by Gasteiger charge is 2.46. The van der Waals surface area contributed by atoms with Crippen LogP contribution in [0.25, 0.3) is 0 Å². The van der Waals surface area contributed by atoms with Gasteiger partial charge in [-0.1, -0.05) is 48.0 Å². The molecule has 2 aliphatic heterocycles. The second kappa shape index (κ2) is 6.56. The van der Waals surface area contributed by atoms with Crippen LogP contribution >= 0.6 is 0 Å². The highest BCUT2D eigenvalue weighted by Crippen LogP contribution is 2.35. The molecule has 2 bridgehead atoms. The molecule has 2 atom stereocenters. The molecule has 0 spiro atoms. The minimum Gasteiger partial charge on any atom is -0.296 e. The molecule has 2 saturated heterocycles. The molecule has 0 aliphatic carbocycles. The number of nitrogens with zero attached hydrogens (tertiary/aromatic N) is 2. The van der Waals surface area contributed by atoms with Gasteiger partial charge in [0.15, 0.2) is 0 Å². The lowest BCUT2D eigenvalue weighted by atomic mass is 10.1. The van der Waals surface area contributed by atoms with Crippen molar-refractivity contribution in [3.63, 3.8) is 0 Å². The molecule has 5 heteroatoms. The van der Waals surface area contributed by atoms with Gasteiger partial charge in [0, 0.05) is 31.7 Å². The molecule has 0 amide bonds. The minimum absolute atomic E-state index is 0.0914. The third-order valence-corrected chi connectivity index (χ3v) is 7.36. The summed E-state index contributed by atoms with van der Waals surface area (Å²) >= 11 is 0. The molecule has 0 aromatic heterocycles. The van der Waals surface area contributed by atoms with E-state index in [4.69, 9.17) is 0 Å². The summed E-state index contributed by atoms with van der Waals surface area (Å²) in [6.07, 6.45) is 1.92. The van der Waals surface area contributed by atoms with Gasteiger partial charge >= 0.3 is 0 Å². The van der Waals surface area contributed by atoms with E-state index >= 15 is 0 Å². The van der Waals surface area contributed by atoms with Crippen molar-refractivity contribution in [3.05, 3.63) is 65.7 Å². The molecule has 4 rings (SSSR count). The van der Waals surface area contributed by atoms with Crippen molar-refractivity contribution in [3.8, 4) is 0 Å². The molecule has 0 N–H and O–H groups in total. The van der Waals surface area contributed by atoms with Crippen LogP contribution in [0.3, 0.4) is 0 Å². The van der Waals surface area contributed by atoms with E-state index in [1.54, 1.807) is 16.4 Å². The average molecular weight is 356 g/mol. The first-order valence-electron chi connectivity index (χ1n) is 8.90. The fourth-order valence-corrected chi connectivity index (χ4v) is 6.00. The molecule has 2 heterocycles. The highest BCUT2D eigenvalue weighted by molar-refractivity contribution is 7.89. The van der Waals surface area contributed by atoms with Gasteiger partial charge in [0.1, 0.15) is 0 Å². The van der Waals surface area contributed by atoms with Gasteiger partial charge in [-0.3, -0.25) is 4.90 Å². The van der Waals surface area contributed by atoms with Crippen LogP contribution in [0.15, 0.2) is 59.5 Å². The molecule has 25 heavy (non-hydrogen) atoms. The Morgan fingerprint density at radius 2 is 1.52 bits per heavy atom. The molecule has 4 nitrogen and oxygen atoms in total. The summed E-state index contributed by atoms with van der Waals surface area (Å²) in [5, 5.41) is 0. The summed E-state index contributed by atoms with van der Waals surface area (Å²) in [7, 11) is -3.40. The Hall–Kier alpha value is -1.69. The van der Waals surface area contributed by atoms with E-state index in [2.05, 4.69) is 29.2 Å². The Kier molecular flexibility index (Phi) is 4.40. The number of piperazine rings is 1. The first kappa shape index (κ1) is 16.8. The number of sulfonamides is 1. The van der Waals surface area contributed by atoms with Crippen molar-refractivity contribution in [1.82, 2.24) is 9.21 Å².